The van der Waals surface area contributed by atoms with Crippen LogP contribution in [0.3, 0.4) is 0 Å². The monoisotopic (exact) mass is 544 g/mol. The molecule has 0 fully saturated rings. The summed E-state index contributed by atoms with van der Waals surface area (Å²) in [6, 6.07) is 12.7. The third kappa shape index (κ3) is 8.33. The number of nitrogens with zero attached hydrogens (tertiary/aromatic N) is 1. The topological polar surface area (TPSA) is 49.4 Å². The number of amides is 2. The van der Waals surface area contributed by atoms with E-state index in [0.29, 0.717) is 28.8 Å². The fourth-order valence-electron chi connectivity index (χ4n) is 3.04. The minimum Gasteiger partial charge on any atom is -0.354 e. The molecule has 1 N–H and O–H groups in total. The smallest absolute Gasteiger partial charge is 0.242 e. The average Bonchev–Trinajstić information content (AvgIpc) is 2.74. The van der Waals surface area contributed by atoms with Crippen LogP contribution < -0.4 is 5.32 Å². The fraction of sp³-hybridized carbons (Fsp3) is 0.391. The Labute approximate surface area is 207 Å². The van der Waals surface area contributed by atoms with Gasteiger partial charge in [0.05, 0.1) is 5.75 Å². The lowest BCUT2D eigenvalue weighted by Gasteiger charge is -2.31. The Bertz CT molecular complexity index is 880. The van der Waals surface area contributed by atoms with E-state index < -0.39 is 6.04 Å². The molecular formula is C23H27BrCl2N2O2S. The van der Waals surface area contributed by atoms with Crippen LogP contribution in [0.1, 0.15) is 37.8 Å². The van der Waals surface area contributed by atoms with Crippen LogP contribution in [0.25, 0.3) is 0 Å². The molecule has 0 aromatic heterocycles. The van der Waals surface area contributed by atoms with Gasteiger partial charge in [0.1, 0.15) is 6.04 Å². The first kappa shape index (κ1) is 26.0. The highest BCUT2D eigenvalue weighted by atomic mass is 79.9. The molecule has 0 aliphatic carbocycles. The summed E-state index contributed by atoms with van der Waals surface area (Å²) in [6.07, 6.45) is 1.35. The maximum atomic E-state index is 13.2. The molecule has 2 amide bonds. The first-order valence-electron chi connectivity index (χ1n) is 10.2. The number of hydrogen-bond donors (Lipinski definition) is 1. The molecule has 0 bridgehead atoms. The van der Waals surface area contributed by atoms with Crippen molar-refractivity contribution in [3.63, 3.8) is 0 Å². The molecule has 0 aliphatic rings. The van der Waals surface area contributed by atoms with E-state index in [1.54, 1.807) is 23.1 Å². The zero-order chi connectivity index (χ0) is 22.8. The molecular weight excluding hydrogens is 519 g/mol. The van der Waals surface area contributed by atoms with Gasteiger partial charge in [0.25, 0.3) is 0 Å². The molecule has 8 heteroatoms. The molecule has 2 aromatic carbocycles. The van der Waals surface area contributed by atoms with Gasteiger partial charge in [-0.15, -0.1) is 11.8 Å². The third-order valence-electron chi connectivity index (χ3n) is 4.70. The molecule has 0 unspecified atom stereocenters. The Morgan fingerprint density at radius 3 is 2.45 bits per heavy atom. The molecule has 4 nitrogen and oxygen atoms in total. The maximum absolute atomic E-state index is 13.2. The Hall–Kier alpha value is -1.21. The Morgan fingerprint density at radius 2 is 1.84 bits per heavy atom. The van der Waals surface area contributed by atoms with Crippen LogP contribution in [0.15, 0.2) is 46.9 Å². The van der Waals surface area contributed by atoms with E-state index in [-0.39, 0.29) is 24.1 Å². The minimum atomic E-state index is -0.556. The SMILES string of the molecule is CCCNC(=O)[C@H](CC)N(Cc1ccc(Cl)cc1Cl)C(=O)CSCc1ccc(Br)cc1. The lowest BCUT2D eigenvalue weighted by Crippen LogP contribution is -2.49. The number of nitrogens with one attached hydrogen (secondary N) is 1. The summed E-state index contributed by atoms with van der Waals surface area (Å²) in [5, 5.41) is 3.93. The van der Waals surface area contributed by atoms with Gasteiger partial charge in [-0.25, -0.2) is 0 Å². The molecule has 0 radical (unpaired) electrons. The van der Waals surface area contributed by atoms with E-state index in [2.05, 4.69) is 21.2 Å². The predicted octanol–water partition coefficient (Wildman–Crippen LogP) is 6.32. The van der Waals surface area contributed by atoms with E-state index >= 15 is 0 Å². The first-order chi connectivity index (χ1) is 14.8. The van der Waals surface area contributed by atoms with Gasteiger partial charge in [0.2, 0.25) is 11.8 Å². The number of carbonyl (C=O) groups excluding carboxylic acids is 2. The van der Waals surface area contributed by atoms with Gasteiger partial charge < -0.3 is 10.2 Å². The number of thioether (sulfide) groups is 1. The van der Waals surface area contributed by atoms with Crippen molar-refractivity contribution in [2.75, 3.05) is 12.3 Å². The Balaban J connectivity index is 2.14. The molecule has 0 spiro atoms. The average molecular weight is 546 g/mol. The van der Waals surface area contributed by atoms with Crippen molar-refractivity contribution in [1.29, 1.82) is 0 Å². The van der Waals surface area contributed by atoms with Crippen LogP contribution in [0.2, 0.25) is 10.0 Å². The van der Waals surface area contributed by atoms with Gasteiger partial charge in [-0.05, 0) is 48.2 Å². The van der Waals surface area contributed by atoms with E-state index in [9.17, 15) is 9.59 Å². The van der Waals surface area contributed by atoms with E-state index in [1.165, 1.54) is 11.8 Å². The molecule has 2 aromatic rings. The summed E-state index contributed by atoms with van der Waals surface area (Å²) in [6.45, 7) is 4.74. The Morgan fingerprint density at radius 1 is 1.13 bits per heavy atom. The van der Waals surface area contributed by atoms with Crippen molar-refractivity contribution in [2.45, 2.75) is 45.0 Å². The van der Waals surface area contributed by atoms with Crippen molar-refractivity contribution < 1.29 is 9.59 Å². The number of rotatable bonds is 11. The lowest BCUT2D eigenvalue weighted by atomic mass is 10.1. The second-order valence-corrected chi connectivity index (χ2v) is 9.84. The maximum Gasteiger partial charge on any atom is 0.242 e. The number of hydrogen-bond acceptors (Lipinski definition) is 3. The molecule has 31 heavy (non-hydrogen) atoms. The van der Waals surface area contributed by atoms with E-state index in [0.717, 1.165) is 22.0 Å². The summed E-state index contributed by atoms with van der Waals surface area (Å²) in [7, 11) is 0. The highest BCUT2D eigenvalue weighted by molar-refractivity contribution is 9.10. The molecule has 0 saturated heterocycles. The molecule has 0 saturated carbocycles. The molecule has 168 valence electrons. The lowest BCUT2D eigenvalue weighted by molar-refractivity contribution is -0.139. The molecule has 1 atom stereocenters. The van der Waals surface area contributed by atoms with Crippen molar-refractivity contribution in [2.24, 2.45) is 0 Å². The highest BCUT2D eigenvalue weighted by Crippen LogP contribution is 2.24. The second kappa shape index (κ2) is 13.4. The van der Waals surface area contributed by atoms with Crippen LogP contribution in [0.5, 0.6) is 0 Å². The molecule has 2 rings (SSSR count). The number of carbonyl (C=O) groups is 2. The second-order valence-electron chi connectivity index (χ2n) is 7.09. The van der Waals surface area contributed by atoms with Gasteiger partial charge in [-0.1, -0.05) is 71.2 Å². The van der Waals surface area contributed by atoms with Crippen LogP contribution in [-0.4, -0.2) is 35.1 Å². The summed E-state index contributed by atoms with van der Waals surface area (Å²) >= 11 is 17.3. The van der Waals surface area contributed by atoms with E-state index in [4.69, 9.17) is 23.2 Å². The minimum absolute atomic E-state index is 0.0911. The van der Waals surface area contributed by atoms with Crippen molar-refractivity contribution in [3.05, 3.63) is 68.1 Å². The van der Waals surface area contributed by atoms with Gasteiger partial charge in [0.15, 0.2) is 0 Å². The van der Waals surface area contributed by atoms with Gasteiger partial charge in [-0.3, -0.25) is 9.59 Å². The van der Waals surface area contributed by atoms with Crippen LogP contribution in [-0.2, 0) is 21.9 Å². The largest absolute Gasteiger partial charge is 0.354 e. The standard InChI is InChI=1S/C23H27BrCl2N2O2S/c1-3-11-27-23(30)21(4-2)28(13-17-7-10-19(25)12-20(17)26)22(29)15-31-14-16-5-8-18(24)9-6-16/h5-10,12,21H,3-4,11,13-15H2,1-2H3,(H,27,30)/t21-/m0/s1. The van der Waals surface area contributed by atoms with Crippen LogP contribution >= 0.6 is 50.9 Å². The van der Waals surface area contributed by atoms with Crippen molar-refractivity contribution >= 4 is 62.7 Å². The quantitative estimate of drug-likeness (QED) is 0.359. The van der Waals surface area contributed by atoms with Gasteiger partial charge in [-0.2, -0.15) is 0 Å². The summed E-state index contributed by atoms with van der Waals surface area (Å²) < 4.78 is 1.02. The van der Waals surface area contributed by atoms with Crippen LogP contribution in [0, 0.1) is 0 Å². The molecule has 0 aliphatic heterocycles. The summed E-state index contributed by atoms with van der Waals surface area (Å²) in [5.74, 6) is 0.763. The zero-order valence-corrected chi connectivity index (χ0v) is 21.6. The first-order valence-corrected chi connectivity index (χ1v) is 12.9. The van der Waals surface area contributed by atoms with Gasteiger partial charge >= 0.3 is 0 Å². The van der Waals surface area contributed by atoms with Crippen molar-refractivity contribution in [3.8, 4) is 0 Å². The third-order valence-corrected chi connectivity index (χ3v) is 6.80. The summed E-state index contributed by atoms with van der Waals surface area (Å²) in [5.41, 5.74) is 1.90. The summed E-state index contributed by atoms with van der Waals surface area (Å²) in [4.78, 5) is 27.6. The molecule has 0 heterocycles. The zero-order valence-electron chi connectivity index (χ0n) is 17.7. The van der Waals surface area contributed by atoms with Crippen molar-refractivity contribution in [1.82, 2.24) is 10.2 Å². The number of benzene rings is 2. The Kier molecular flexibility index (Phi) is 11.2. The number of halogens is 3. The predicted molar refractivity (Wildman–Crippen MR) is 135 cm³/mol. The van der Waals surface area contributed by atoms with Gasteiger partial charge in [0, 0.05) is 33.4 Å². The normalized spacial score (nSPS) is 11.8. The van der Waals surface area contributed by atoms with Crippen LogP contribution in [0.4, 0.5) is 0 Å². The fourth-order valence-corrected chi connectivity index (χ4v) is 4.64. The highest BCUT2D eigenvalue weighted by Gasteiger charge is 2.28. The van der Waals surface area contributed by atoms with E-state index in [1.807, 2.05) is 38.1 Å².